The second kappa shape index (κ2) is 7.43. The molecule has 1 aliphatic rings. The first-order valence-corrected chi connectivity index (χ1v) is 8.70. The molecule has 0 spiro atoms. The molecular formula is C19H24ClN3. The molecule has 2 N–H and O–H groups in total. The molecule has 122 valence electrons. The lowest BCUT2D eigenvalue weighted by atomic mass is 9.72. The van der Waals surface area contributed by atoms with E-state index in [0.29, 0.717) is 6.04 Å². The van der Waals surface area contributed by atoms with Crippen LogP contribution < -0.4 is 10.6 Å². The summed E-state index contributed by atoms with van der Waals surface area (Å²) in [6.45, 7) is 0.848. The lowest BCUT2D eigenvalue weighted by Crippen LogP contribution is -2.57. The molecule has 0 saturated heterocycles. The Kier molecular flexibility index (Phi) is 5.31. The van der Waals surface area contributed by atoms with Crippen molar-refractivity contribution < 1.29 is 0 Å². The summed E-state index contributed by atoms with van der Waals surface area (Å²) in [5.74, 6) is 0. The number of halogens is 1. The molecule has 1 aromatic carbocycles. The minimum atomic E-state index is -0.108. The molecule has 2 atom stereocenters. The predicted molar refractivity (Wildman–Crippen MR) is 95.5 cm³/mol. The number of aromatic nitrogens is 1. The fraction of sp³-hybridized carbons (Fsp3) is 0.421. The molecule has 4 heteroatoms. The molecule has 1 aliphatic carbocycles. The van der Waals surface area contributed by atoms with Crippen LogP contribution in [0.2, 0.25) is 5.02 Å². The Morgan fingerprint density at radius 3 is 2.70 bits per heavy atom. The fourth-order valence-electron chi connectivity index (χ4n) is 3.77. The Bertz CT molecular complexity index is 632. The van der Waals surface area contributed by atoms with Gasteiger partial charge in [-0.05, 0) is 49.2 Å². The number of rotatable bonds is 5. The zero-order valence-electron chi connectivity index (χ0n) is 13.6. The molecule has 23 heavy (non-hydrogen) atoms. The smallest absolute Gasteiger partial charge is 0.0602 e. The Hall–Kier alpha value is -1.42. The topological polar surface area (TPSA) is 37.0 Å². The number of nitrogens with one attached hydrogen (secondary N) is 2. The summed E-state index contributed by atoms with van der Waals surface area (Å²) in [5, 5.41) is 8.20. The Morgan fingerprint density at radius 1 is 1.17 bits per heavy atom. The van der Waals surface area contributed by atoms with Crippen LogP contribution in [0.4, 0.5) is 0 Å². The van der Waals surface area contributed by atoms with Crippen LogP contribution in [0.3, 0.4) is 0 Å². The summed E-state index contributed by atoms with van der Waals surface area (Å²) in [7, 11) is 2.05. The molecule has 0 radical (unpaired) electrons. The zero-order valence-corrected chi connectivity index (χ0v) is 14.3. The Morgan fingerprint density at radius 2 is 1.96 bits per heavy atom. The van der Waals surface area contributed by atoms with Crippen LogP contribution in [-0.4, -0.2) is 18.1 Å². The van der Waals surface area contributed by atoms with E-state index in [1.54, 1.807) is 0 Å². The van der Waals surface area contributed by atoms with Crippen LogP contribution in [0.15, 0.2) is 48.8 Å². The molecule has 1 saturated carbocycles. The molecule has 3 nitrogen and oxygen atoms in total. The van der Waals surface area contributed by atoms with Crippen molar-refractivity contribution in [1.29, 1.82) is 0 Å². The highest BCUT2D eigenvalue weighted by molar-refractivity contribution is 6.31. The van der Waals surface area contributed by atoms with E-state index in [4.69, 9.17) is 11.6 Å². The zero-order chi connectivity index (χ0) is 16.1. The van der Waals surface area contributed by atoms with E-state index in [1.165, 1.54) is 24.0 Å². The van der Waals surface area contributed by atoms with Gasteiger partial charge in [0.05, 0.1) is 5.54 Å². The molecule has 0 aliphatic heterocycles. The largest absolute Gasteiger partial charge is 0.309 e. The quantitative estimate of drug-likeness (QED) is 0.874. The van der Waals surface area contributed by atoms with Gasteiger partial charge in [0.2, 0.25) is 0 Å². The molecule has 0 amide bonds. The third-order valence-corrected chi connectivity index (χ3v) is 5.34. The lowest BCUT2D eigenvalue weighted by Gasteiger charge is -2.45. The van der Waals surface area contributed by atoms with Gasteiger partial charge in [-0.15, -0.1) is 0 Å². The fourth-order valence-corrected chi connectivity index (χ4v) is 4.07. The van der Waals surface area contributed by atoms with Gasteiger partial charge in [0.25, 0.3) is 0 Å². The van der Waals surface area contributed by atoms with Gasteiger partial charge < -0.3 is 10.6 Å². The highest BCUT2D eigenvalue weighted by Crippen LogP contribution is 2.40. The van der Waals surface area contributed by atoms with Crippen LogP contribution in [-0.2, 0) is 12.1 Å². The predicted octanol–water partition coefficient (Wildman–Crippen LogP) is 3.88. The van der Waals surface area contributed by atoms with Crippen LogP contribution in [0.1, 0.15) is 36.8 Å². The van der Waals surface area contributed by atoms with Crippen molar-refractivity contribution in [3.8, 4) is 0 Å². The van der Waals surface area contributed by atoms with E-state index >= 15 is 0 Å². The van der Waals surface area contributed by atoms with Gasteiger partial charge in [0, 0.05) is 30.0 Å². The summed E-state index contributed by atoms with van der Waals surface area (Å²) in [6.07, 6.45) is 8.41. The Balaban J connectivity index is 1.85. The van der Waals surface area contributed by atoms with E-state index in [0.717, 1.165) is 24.4 Å². The standard InChI is InChI=1S/C19H24ClN3/c1-21-19(16-6-2-3-7-17(16)20)11-5-4-8-18(19)23-14-15-9-12-22-13-10-15/h2-3,6-7,9-10,12-13,18,21,23H,4-5,8,11,14H2,1H3/t18-,19-/m0/s1. The SMILES string of the molecule is CN[C@]1(c2ccccc2Cl)CCCC[C@@H]1NCc1ccncc1. The summed E-state index contributed by atoms with van der Waals surface area (Å²) >= 11 is 6.53. The van der Waals surface area contributed by atoms with E-state index in [2.05, 4.69) is 46.9 Å². The molecule has 1 aromatic heterocycles. The van der Waals surface area contributed by atoms with E-state index in [9.17, 15) is 0 Å². The van der Waals surface area contributed by atoms with Gasteiger partial charge in [0.1, 0.15) is 0 Å². The molecule has 3 rings (SSSR count). The number of hydrogen-bond donors (Lipinski definition) is 2. The van der Waals surface area contributed by atoms with Gasteiger partial charge in [-0.1, -0.05) is 42.6 Å². The maximum Gasteiger partial charge on any atom is 0.0602 e. The van der Waals surface area contributed by atoms with Crippen molar-refractivity contribution in [1.82, 2.24) is 15.6 Å². The second-order valence-electron chi connectivity index (χ2n) is 6.24. The highest BCUT2D eigenvalue weighted by Gasteiger charge is 2.41. The summed E-state index contributed by atoms with van der Waals surface area (Å²) in [5.41, 5.74) is 2.36. The number of likely N-dealkylation sites (N-methyl/N-ethyl adjacent to an activating group) is 1. The molecule has 1 fully saturated rings. The minimum absolute atomic E-state index is 0.108. The van der Waals surface area contributed by atoms with Crippen LogP contribution >= 0.6 is 11.6 Å². The van der Waals surface area contributed by atoms with Gasteiger partial charge in [-0.2, -0.15) is 0 Å². The van der Waals surface area contributed by atoms with E-state index < -0.39 is 0 Å². The summed E-state index contributed by atoms with van der Waals surface area (Å²) in [4.78, 5) is 4.09. The number of hydrogen-bond acceptors (Lipinski definition) is 3. The average molecular weight is 330 g/mol. The van der Waals surface area contributed by atoms with Crippen LogP contribution in [0.5, 0.6) is 0 Å². The molecule has 0 bridgehead atoms. The van der Waals surface area contributed by atoms with Crippen molar-refractivity contribution in [2.45, 2.75) is 43.8 Å². The van der Waals surface area contributed by atoms with Crippen molar-refractivity contribution >= 4 is 11.6 Å². The maximum atomic E-state index is 6.53. The molecule has 2 aromatic rings. The first-order chi connectivity index (χ1) is 11.3. The highest BCUT2D eigenvalue weighted by atomic mass is 35.5. The van der Waals surface area contributed by atoms with Gasteiger partial charge in [0.15, 0.2) is 0 Å². The number of nitrogens with zero attached hydrogens (tertiary/aromatic N) is 1. The minimum Gasteiger partial charge on any atom is -0.309 e. The third kappa shape index (κ3) is 3.42. The van der Waals surface area contributed by atoms with Crippen LogP contribution in [0, 0.1) is 0 Å². The average Bonchev–Trinajstić information content (AvgIpc) is 2.61. The van der Waals surface area contributed by atoms with E-state index in [1.807, 2.05) is 24.5 Å². The van der Waals surface area contributed by atoms with Crippen molar-refractivity contribution in [2.75, 3.05) is 7.05 Å². The second-order valence-corrected chi connectivity index (χ2v) is 6.64. The third-order valence-electron chi connectivity index (χ3n) is 5.01. The first kappa shape index (κ1) is 16.4. The van der Waals surface area contributed by atoms with Crippen molar-refractivity contribution in [3.63, 3.8) is 0 Å². The summed E-state index contributed by atoms with van der Waals surface area (Å²) in [6, 6.07) is 12.7. The monoisotopic (exact) mass is 329 g/mol. The maximum absolute atomic E-state index is 6.53. The molecule has 1 heterocycles. The number of pyridine rings is 1. The van der Waals surface area contributed by atoms with E-state index in [-0.39, 0.29) is 5.54 Å². The van der Waals surface area contributed by atoms with Crippen LogP contribution in [0.25, 0.3) is 0 Å². The normalized spacial score (nSPS) is 24.5. The molecular weight excluding hydrogens is 306 g/mol. The van der Waals surface area contributed by atoms with Gasteiger partial charge in [-0.3, -0.25) is 4.98 Å². The first-order valence-electron chi connectivity index (χ1n) is 8.32. The Labute approximate surface area is 143 Å². The lowest BCUT2D eigenvalue weighted by molar-refractivity contribution is 0.177. The summed E-state index contributed by atoms with van der Waals surface area (Å²) < 4.78 is 0. The van der Waals surface area contributed by atoms with Gasteiger partial charge >= 0.3 is 0 Å². The van der Waals surface area contributed by atoms with Crippen molar-refractivity contribution in [3.05, 3.63) is 64.9 Å². The van der Waals surface area contributed by atoms with Gasteiger partial charge in [-0.25, -0.2) is 0 Å². The van der Waals surface area contributed by atoms with Crippen molar-refractivity contribution in [2.24, 2.45) is 0 Å². The molecule has 0 unspecified atom stereocenters. The number of benzene rings is 1.